The SMILES string of the molecule is C=C(C)C(=O)CC[C@@H](C)[C@H]1CC[C@@]2(C)[C@@H]3CC[C@H]4C(C)(C)C(=O)CC[C@@]45C[C@@]35CC[C@]12C. The average molecular weight is 439 g/mol. The summed E-state index contributed by atoms with van der Waals surface area (Å²) in [7, 11) is 0. The lowest BCUT2D eigenvalue weighted by atomic mass is 9.42. The van der Waals surface area contributed by atoms with Crippen LogP contribution < -0.4 is 0 Å². The largest absolute Gasteiger partial charge is 0.299 e. The highest BCUT2D eigenvalue weighted by Crippen LogP contribution is 2.88. The van der Waals surface area contributed by atoms with Crippen molar-refractivity contribution in [2.45, 2.75) is 112 Å². The molecule has 5 rings (SSSR count). The molecule has 8 atom stereocenters. The molecular formula is C30H46O2. The van der Waals surface area contributed by atoms with Crippen molar-refractivity contribution in [3.63, 3.8) is 0 Å². The standard InChI is InChI=1S/C30H46O2/c1-19(2)22(31)9-8-20(3)21-12-14-28(7)24-11-10-23-26(4,5)25(32)13-15-29(23)18-30(24,29)17-16-27(21,28)6/h20-21,23-24H,1,8-18H2,2-7H3/t20-,21-,23+,24+,27-,28+,29-,30+/m1/s1. The first kappa shape index (κ1) is 22.9. The summed E-state index contributed by atoms with van der Waals surface area (Å²) in [6, 6.07) is 0. The summed E-state index contributed by atoms with van der Waals surface area (Å²) in [5.41, 5.74) is 2.40. The fourth-order valence-electron chi connectivity index (χ4n) is 10.9. The second kappa shape index (κ2) is 6.82. The van der Waals surface area contributed by atoms with Crippen molar-refractivity contribution in [1.29, 1.82) is 0 Å². The highest BCUT2D eigenvalue weighted by atomic mass is 16.1. The lowest BCUT2D eigenvalue weighted by Crippen LogP contribution is -2.57. The Bertz CT molecular complexity index is 868. The molecule has 0 N–H and O–H groups in total. The van der Waals surface area contributed by atoms with Crippen LogP contribution in [0.25, 0.3) is 0 Å². The normalized spacial score (nSPS) is 49.3. The van der Waals surface area contributed by atoms with Crippen molar-refractivity contribution in [3.8, 4) is 0 Å². The Labute approximate surface area is 196 Å². The van der Waals surface area contributed by atoms with E-state index in [1.54, 1.807) is 0 Å². The van der Waals surface area contributed by atoms with Crippen LogP contribution in [0.2, 0.25) is 0 Å². The maximum Gasteiger partial charge on any atom is 0.157 e. The molecule has 5 fully saturated rings. The van der Waals surface area contributed by atoms with Gasteiger partial charge in [0.1, 0.15) is 5.78 Å². The molecule has 0 unspecified atom stereocenters. The van der Waals surface area contributed by atoms with E-state index < -0.39 is 0 Å². The molecule has 2 nitrogen and oxygen atoms in total. The van der Waals surface area contributed by atoms with Crippen LogP contribution in [-0.4, -0.2) is 11.6 Å². The predicted octanol–water partition coefficient (Wildman–Crippen LogP) is 7.56. The van der Waals surface area contributed by atoms with Crippen molar-refractivity contribution in [2.24, 2.45) is 50.7 Å². The molecule has 2 spiro atoms. The summed E-state index contributed by atoms with van der Waals surface area (Å²) < 4.78 is 0. The van der Waals surface area contributed by atoms with Gasteiger partial charge in [0.2, 0.25) is 0 Å². The number of allylic oxidation sites excluding steroid dienone is 1. The van der Waals surface area contributed by atoms with Gasteiger partial charge in [-0.05, 0) is 116 Å². The monoisotopic (exact) mass is 438 g/mol. The number of carbonyl (C=O) groups is 2. The summed E-state index contributed by atoms with van der Waals surface area (Å²) in [5, 5.41) is 0. The first-order valence-electron chi connectivity index (χ1n) is 13.6. The summed E-state index contributed by atoms with van der Waals surface area (Å²) in [6.07, 6.45) is 13.1. The fourth-order valence-corrected chi connectivity index (χ4v) is 10.9. The molecule has 2 heteroatoms. The minimum absolute atomic E-state index is 0.114. The molecule has 32 heavy (non-hydrogen) atoms. The van der Waals surface area contributed by atoms with Crippen LogP contribution in [0.1, 0.15) is 112 Å². The molecule has 0 aliphatic heterocycles. The molecule has 5 aliphatic carbocycles. The first-order valence-corrected chi connectivity index (χ1v) is 13.6. The average Bonchev–Trinajstić information content (AvgIpc) is 3.31. The third kappa shape index (κ3) is 2.59. The van der Waals surface area contributed by atoms with Crippen LogP contribution in [0.5, 0.6) is 0 Å². The molecule has 5 saturated carbocycles. The van der Waals surface area contributed by atoms with Crippen molar-refractivity contribution in [2.75, 3.05) is 0 Å². The van der Waals surface area contributed by atoms with Gasteiger partial charge in [0, 0.05) is 18.3 Å². The second-order valence-electron chi connectivity index (χ2n) is 14.0. The summed E-state index contributed by atoms with van der Waals surface area (Å²) in [4.78, 5) is 25.0. The van der Waals surface area contributed by atoms with Gasteiger partial charge in [0.25, 0.3) is 0 Å². The molecule has 0 heterocycles. The van der Waals surface area contributed by atoms with Crippen molar-refractivity contribution in [1.82, 2.24) is 0 Å². The number of rotatable bonds is 5. The molecular weight excluding hydrogens is 392 g/mol. The number of carbonyl (C=O) groups excluding carboxylic acids is 2. The van der Waals surface area contributed by atoms with Gasteiger partial charge in [-0.25, -0.2) is 0 Å². The van der Waals surface area contributed by atoms with E-state index in [2.05, 4.69) is 41.2 Å². The van der Waals surface area contributed by atoms with Gasteiger partial charge in [-0.15, -0.1) is 0 Å². The van der Waals surface area contributed by atoms with E-state index in [0.717, 1.165) is 24.7 Å². The Balaban J connectivity index is 1.40. The van der Waals surface area contributed by atoms with Crippen LogP contribution in [0.15, 0.2) is 12.2 Å². The van der Waals surface area contributed by atoms with Crippen molar-refractivity contribution < 1.29 is 9.59 Å². The molecule has 0 radical (unpaired) electrons. The molecule has 178 valence electrons. The topological polar surface area (TPSA) is 34.1 Å². The first-order chi connectivity index (χ1) is 14.9. The van der Waals surface area contributed by atoms with Crippen LogP contribution in [0.3, 0.4) is 0 Å². The van der Waals surface area contributed by atoms with E-state index >= 15 is 0 Å². The zero-order chi connectivity index (χ0) is 23.3. The highest BCUT2D eigenvalue weighted by Gasteiger charge is 2.82. The van der Waals surface area contributed by atoms with Gasteiger partial charge in [-0.3, -0.25) is 9.59 Å². The van der Waals surface area contributed by atoms with E-state index in [9.17, 15) is 9.59 Å². The zero-order valence-corrected chi connectivity index (χ0v) is 21.6. The number of ketones is 2. The summed E-state index contributed by atoms with van der Waals surface area (Å²) >= 11 is 0. The zero-order valence-electron chi connectivity index (χ0n) is 21.6. The van der Waals surface area contributed by atoms with Gasteiger partial charge in [0.05, 0.1) is 0 Å². The Hall–Kier alpha value is -0.920. The van der Waals surface area contributed by atoms with Crippen molar-refractivity contribution in [3.05, 3.63) is 12.2 Å². The van der Waals surface area contributed by atoms with Crippen LogP contribution in [-0.2, 0) is 9.59 Å². The highest BCUT2D eigenvalue weighted by molar-refractivity contribution is 5.94. The van der Waals surface area contributed by atoms with Gasteiger partial charge in [-0.2, -0.15) is 0 Å². The van der Waals surface area contributed by atoms with Gasteiger partial charge in [0.15, 0.2) is 5.78 Å². The van der Waals surface area contributed by atoms with Crippen molar-refractivity contribution >= 4 is 11.6 Å². The van der Waals surface area contributed by atoms with Gasteiger partial charge >= 0.3 is 0 Å². The van der Waals surface area contributed by atoms with Crippen LogP contribution >= 0.6 is 0 Å². The third-order valence-electron chi connectivity index (χ3n) is 12.9. The van der Waals surface area contributed by atoms with E-state index in [4.69, 9.17) is 0 Å². The minimum atomic E-state index is -0.114. The summed E-state index contributed by atoms with van der Waals surface area (Å²) in [5.74, 6) is 3.57. The number of hydrogen-bond donors (Lipinski definition) is 0. The third-order valence-corrected chi connectivity index (χ3v) is 12.9. The van der Waals surface area contributed by atoms with E-state index in [-0.39, 0.29) is 11.2 Å². The smallest absolute Gasteiger partial charge is 0.157 e. The quantitative estimate of drug-likeness (QED) is 0.415. The van der Waals surface area contributed by atoms with E-state index in [1.807, 2.05) is 6.92 Å². The van der Waals surface area contributed by atoms with Crippen LogP contribution in [0.4, 0.5) is 0 Å². The lowest BCUT2D eigenvalue weighted by Gasteiger charge is -2.62. The maximum atomic E-state index is 12.8. The fraction of sp³-hybridized carbons (Fsp3) is 0.867. The van der Waals surface area contributed by atoms with E-state index in [1.165, 1.54) is 51.4 Å². The van der Waals surface area contributed by atoms with Gasteiger partial charge < -0.3 is 0 Å². The molecule has 0 aromatic rings. The molecule has 0 aromatic heterocycles. The van der Waals surface area contributed by atoms with Gasteiger partial charge in [-0.1, -0.05) is 41.2 Å². The van der Waals surface area contributed by atoms with E-state index in [0.29, 0.717) is 51.3 Å². The molecule has 0 bridgehead atoms. The Morgan fingerprint density at radius 3 is 2.31 bits per heavy atom. The molecule has 0 saturated heterocycles. The Morgan fingerprint density at radius 2 is 1.62 bits per heavy atom. The van der Waals surface area contributed by atoms with Crippen LogP contribution in [0, 0.1) is 50.7 Å². The number of Topliss-reactive ketones (excluding diaryl/α,β-unsaturated/α-hetero) is 2. The lowest BCUT2D eigenvalue weighted by molar-refractivity contribution is -0.157. The Kier molecular flexibility index (Phi) is 4.87. The number of fused-ring (bicyclic) bond motifs is 2. The number of hydrogen-bond acceptors (Lipinski definition) is 2. The molecule has 0 aromatic carbocycles. The molecule has 0 amide bonds. The maximum absolute atomic E-state index is 12.8. The molecule has 5 aliphatic rings. The second-order valence-corrected chi connectivity index (χ2v) is 14.0. The Morgan fingerprint density at radius 1 is 0.969 bits per heavy atom. The summed E-state index contributed by atoms with van der Waals surface area (Å²) in [6.45, 7) is 17.9. The minimum Gasteiger partial charge on any atom is -0.299 e. The predicted molar refractivity (Wildman–Crippen MR) is 130 cm³/mol.